The molecule has 0 aromatic heterocycles. The number of benzene rings is 1. The van der Waals surface area contributed by atoms with Gasteiger partial charge in [0, 0.05) is 15.5 Å². The summed E-state index contributed by atoms with van der Waals surface area (Å²) >= 11 is 6.88. The fraction of sp³-hybridized carbons (Fsp3) is 0.357. The zero-order valence-electron chi connectivity index (χ0n) is 11.2. The number of hydrogen-bond donors (Lipinski definition) is 1. The standard InChI is InChI=1S/C14H17Br2NO2/c1-14(2,3)19-13(18)17-8-4-5-10-9-11(15)6-7-12(10)16/h4-7,9H,8H2,1-3H3,(H,17,18). The maximum absolute atomic E-state index is 11.4. The first-order valence-electron chi connectivity index (χ1n) is 5.86. The zero-order valence-corrected chi connectivity index (χ0v) is 14.3. The number of rotatable bonds is 3. The summed E-state index contributed by atoms with van der Waals surface area (Å²) < 4.78 is 7.15. The Balaban J connectivity index is 2.47. The highest BCUT2D eigenvalue weighted by molar-refractivity contribution is 9.11. The van der Waals surface area contributed by atoms with Crippen molar-refractivity contribution in [3.05, 3.63) is 38.8 Å². The molecule has 0 unspecified atom stereocenters. The van der Waals surface area contributed by atoms with Gasteiger partial charge in [-0.3, -0.25) is 0 Å². The van der Waals surface area contributed by atoms with Crippen LogP contribution in [0.25, 0.3) is 6.08 Å². The minimum absolute atomic E-state index is 0.412. The maximum atomic E-state index is 11.4. The first-order chi connectivity index (χ1) is 8.78. The Bertz CT molecular complexity index is 479. The van der Waals surface area contributed by atoms with Crippen molar-refractivity contribution in [2.75, 3.05) is 6.54 Å². The molecule has 0 bridgehead atoms. The molecule has 5 heteroatoms. The molecular formula is C14H17Br2NO2. The summed E-state index contributed by atoms with van der Waals surface area (Å²) in [4.78, 5) is 11.4. The van der Waals surface area contributed by atoms with Gasteiger partial charge in [-0.1, -0.05) is 44.0 Å². The third kappa shape index (κ3) is 6.78. The van der Waals surface area contributed by atoms with Crippen LogP contribution in [-0.4, -0.2) is 18.2 Å². The van der Waals surface area contributed by atoms with Crippen LogP contribution in [0.1, 0.15) is 26.3 Å². The molecule has 0 spiro atoms. The molecule has 1 aromatic carbocycles. The molecule has 1 amide bonds. The first-order valence-corrected chi connectivity index (χ1v) is 7.45. The van der Waals surface area contributed by atoms with Crippen molar-refractivity contribution in [1.29, 1.82) is 0 Å². The lowest BCUT2D eigenvalue weighted by Gasteiger charge is -2.19. The Morgan fingerprint density at radius 2 is 2.05 bits per heavy atom. The lowest BCUT2D eigenvalue weighted by molar-refractivity contribution is 0.0534. The van der Waals surface area contributed by atoms with Crippen LogP contribution in [0.5, 0.6) is 0 Å². The van der Waals surface area contributed by atoms with Gasteiger partial charge >= 0.3 is 6.09 Å². The van der Waals surface area contributed by atoms with Gasteiger partial charge in [0.2, 0.25) is 0 Å². The van der Waals surface area contributed by atoms with Crippen molar-refractivity contribution in [3.8, 4) is 0 Å². The molecule has 0 aliphatic rings. The lowest BCUT2D eigenvalue weighted by atomic mass is 10.2. The van der Waals surface area contributed by atoms with Gasteiger partial charge in [0.05, 0.1) is 0 Å². The number of amides is 1. The third-order valence-electron chi connectivity index (χ3n) is 2.02. The summed E-state index contributed by atoms with van der Waals surface area (Å²) in [7, 11) is 0. The molecule has 0 fully saturated rings. The molecule has 0 aliphatic carbocycles. The predicted molar refractivity (Wildman–Crippen MR) is 85.1 cm³/mol. The number of carbonyl (C=O) groups is 1. The highest BCUT2D eigenvalue weighted by Crippen LogP contribution is 2.22. The van der Waals surface area contributed by atoms with Gasteiger partial charge in [-0.25, -0.2) is 4.79 Å². The Labute approximate surface area is 130 Å². The highest BCUT2D eigenvalue weighted by Gasteiger charge is 2.14. The summed E-state index contributed by atoms with van der Waals surface area (Å²) in [5, 5.41) is 2.67. The van der Waals surface area contributed by atoms with E-state index < -0.39 is 11.7 Å². The molecule has 0 heterocycles. The van der Waals surface area contributed by atoms with Crippen LogP contribution in [0.4, 0.5) is 4.79 Å². The van der Waals surface area contributed by atoms with Crippen LogP contribution in [0.2, 0.25) is 0 Å². The van der Waals surface area contributed by atoms with Gasteiger partial charge in [0.1, 0.15) is 5.60 Å². The molecule has 0 saturated carbocycles. The van der Waals surface area contributed by atoms with Gasteiger partial charge in [-0.05, 0) is 44.5 Å². The number of ether oxygens (including phenoxy) is 1. The molecule has 1 rings (SSSR count). The Kier molecular flexibility index (Phi) is 6.07. The van der Waals surface area contributed by atoms with Gasteiger partial charge in [0.25, 0.3) is 0 Å². The van der Waals surface area contributed by atoms with E-state index in [1.165, 1.54) is 0 Å². The van der Waals surface area contributed by atoms with E-state index in [0.717, 1.165) is 14.5 Å². The van der Waals surface area contributed by atoms with E-state index in [-0.39, 0.29) is 0 Å². The van der Waals surface area contributed by atoms with Gasteiger partial charge < -0.3 is 10.1 Å². The van der Waals surface area contributed by atoms with Gasteiger partial charge in [-0.2, -0.15) is 0 Å². The number of hydrogen-bond acceptors (Lipinski definition) is 2. The van der Waals surface area contributed by atoms with Crippen LogP contribution in [0, 0.1) is 0 Å². The molecule has 0 radical (unpaired) electrons. The van der Waals surface area contributed by atoms with E-state index in [2.05, 4.69) is 37.2 Å². The average molecular weight is 391 g/mol. The molecule has 3 nitrogen and oxygen atoms in total. The summed E-state index contributed by atoms with van der Waals surface area (Å²) in [5.74, 6) is 0. The Morgan fingerprint density at radius 3 is 2.68 bits per heavy atom. The van der Waals surface area contributed by atoms with E-state index in [1.54, 1.807) is 0 Å². The topological polar surface area (TPSA) is 38.3 Å². The molecular weight excluding hydrogens is 374 g/mol. The van der Waals surface area contributed by atoms with Crippen molar-refractivity contribution in [2.24, 2.45) is 0 Å². The van der Waals surface area contributed by atoms with Gasteiger partial charge in [0.15, 0.2) is 0 Å². The van der Waals surface area contributed by atoms with Crippen molar-refractivity contribution in [1.82, 2.24) is 5.32 Å². The Morgan fingerprint density at radius 1 is 1.37 bits per heavy atom. The quantitative estimate of drug-likeness (QED) is 0.808. The zero-order chi connectivity index (χ0) is 14.5. The maximum Gasteiger partial charge on any atom is 0.407 e. The fourth-order valence-corrected chi connectivity index (χ4v) is 2.04. The minimum Gasteiger partial charge on any atom is -0.444 e. The molecule has 1 N–H and O–H groups in total. The highest BCUT2D eigenvalue weighted by atomic mass is 79.9. The SMILES string of the molecule is CC(C)(C)OC(=O)NCC=Cc1cc(Br)ccc1Br. The Hall–Kier alpha value is -0.810. The molecule has 1 aromatic rings. The van der Waals surface area contributed by atoms with Crippen molar-refractivity contribution < 1.29 is 9.53 Å². The second-order valence-corrected chi connectivity index (χ2v) is 6.72. The number of nitrogens with one attached hydrogen (secondary N) is 1. The van der Waals surface area contributed by atoms with Crippen LogP contribution < -0.4 is 5.32 Å². The largest absolute Gasteiger partial charge is 0.444 e. The van der Waals surface area contributed by atoms with Crippen molar-refractivity contribution in [3.63, 3.8) is 0 Å². The van der Waals surface area contributed by atoms with E-state index in [4.69, 9.17) is 4.74 Å². The molecule has 0 saturated heterocycles. The van der Waals surface area contributed by atoms with E-state index in [0.29, 0.717) is 6.54 Å². The molecule has 0 atom stereocenters. The second-order valence-electron chi connectivity index (χ2n) is 4.95. The second kappa shape index (κ2) is 7.10. The summed E-state index contributed by atoms with van der Waals surface area (Å²) in [5.41, 5.74) is 0.571. The smallest absolute Gasteiger partial charge is 0.407 e. The van der Waals surface area contributed by atoms with E-state index in [9.17, 15) is 4.79 Å². The van der Waals surface area contributed by atoms with Crippen LogP contribution in [-0.2, 0) is 4.74 Å². The van der Waals surface area contributed by atoms with Gasteiger partial charge in [-0.15, -0.1) is 0 Å². The normalized spacial score (nSPS) is 11.6. The number of alkyl carbamates (subject to hydrolysis) is 1. The van der Waals surface area contributed by atoms with E-state index >= 15 is 0 Å². The lowest BCUT2D eigenvalue weighted by Crippen LogP contribution is -2.32. The van der Waals surface area contributed by atoms with Crippen molar-refractivity contribution in [2.45, 2.75) is 26.4 Å². The molecule has 104 valence electrons. The van der Waals surface area contributed by atoms with Crippen LogP contribution in [0.3, 0.4) is 0 Å². The van der Waals surface area contributed by atoms with Crippen molar-refractivity contribution >= 4 is 44.0 Å². The summed E-state index contributed by atoms with van der Waals surface area (Å²) in [6.07, 6.45) is 3.40. The summed E-state index contributed by atoms with van der Waals surface area (Å²) in [6.45, 7) is 5.93. The number of carbonyl (C=O) groups excluding carboxylic acids is 1. The number of halogens is 2. The fourth-order valence-electron chi connectivity index (χ4n) is 1.28. The predicted octanol–water partition coefficient (Wildman–Crippen LogP) is 4.75. The minimum atomic E-state index is -0.471. The monoisotopic (exact) mass is 389 g/mol. The van der Waals surface area contributed by atoms with Crippen LogP contribution >= 0.6 is 31.9 Å². The van der Waals surface area contributed by atoms with Crippen LogP contribution in [0.15, 0.2) is 33.2 Å². The molecule has 0 aliphatic heterocycles. The first kappa shape index (κ1) is 16.2. The average Bonchev–Trinajstić information content (AvgIpc) is 2.26. The third-order valence-corrected chi connectivity index (χ3v) is 3.23. The van der Waals surface area contributed by atoms with E-state index in [1.807, 2.05) is 51.1 Å². The molecule has 19 heavy (non-hydrogen) atoms. The summed E-state index contributed by atoms with van der Waals surface area (Å²) in [6, 6.07) is 5.92.